The Morgan fingerprint density at radius 2 is 1.78 bits per heavy atom. The Bertz CT molecular complexity index is 610. The maximum Gasteiger partial charge on any atom is 0.313 e. The number of rotatable bonds is 4. The molecule has 0 aliphatic carbocycles. The van der Waals surface area contributed by atoms with Crippen molar-refractivity contribution >= 4 is 11.9 Å². The van der Waals surface area contributed by atoms with Gasteiger partial charge in [-0.1, -0.05) is 30.3 Å². The van der Waals surface area contributed by atoms with Crippen molar-refractivity contribution in [2.75, 3.05) is 13.8 Å². The van der Waals surface area contributed by atoms with Gasteiger partial charge in [-0.2, -0.15) is 0 Å². The molecule has 1 saturated heterocycles. The van der Waals surface area contributed by atoms with E-state index in [0.29, 0.717) is 6.67 Å². The summed E-state index contributed by atoms with van der Waals surface area (Å²) >= 11 is 0. The predicted molar refractivity (Wildman–Crippen MR) is 88.5 cm³/mol. The van der Waals surface area contributed by atoms with E-state index in [1.54, 1.807) is 4.90 Å². The minimum Gasteiger partial charge on any atom is -0.469 e. The molecule has 5 nitrogen and oxygen atoms in total. The van der Waals surface area contributed by atoms with Crippen LogP contribution in [0.5, 0.6) is 0 Å². The molecule has 5 heteroatoms. The summed E-state index contributed by atoms with van der Waals surface area (Å²) in [6, 6.07) is 9.64. The number of methoxy groups -OCH3 is 1. The van der Waals surface area contributed by atoms with Gasteiger partial charge >= 0.3 is 5.97 Å². The Balaban J connectivity index is 2.37. The Morgan fingerprint density at radius 3 is 2.30 bits per heavy atom. The van der Waals surface area contributed by atoms with Crippen molar-refractivity contribution in [1.29, 1.82) is 0 Å². The Kier molecular flexibility index (Phi) is 4.28. The maximum absolute atomic E-state index is 13.1. The second kappa shape index (κ2) is 5.64. The van der Waals surface area contributed by atoms with Crippen LogP contribution in [0.15, 0.2) is 30.3 Å². The first-order valence-electron chi connectivity index (χ1n) is 7.80. The monoisotopic (exact) mass is 318 g/mol. The number of ether oxygens (including phenoxy) is 1. The average Bonchev–Trinajstić information content (AvgIpc) is 2.84. The third kappa shape index (κ3) is 2.53. The number of hydrogen-bond acceptors (Lipinski definition) is 4. The SMILES string of the molecule is COC(=O)C(C)(C)C(C)(C)N1CNC(C)(c2ccccc2)C1=O. The molecule has 126 valence electrons. The zero-order valence-electron chi connectivity index (χ0n) is 14.8. The van der Waals surface area contributed by atoms with Crippen molar-refractivity contribution in [3.63, 3.8) is 0 Å². The van der Waals surface area contributed by atoms with E-state index in [9.17, 15) is 9.59 Å². The first kappa shape index (κ1) is 17.5. The number of nitrogens with one attached hydrogen (secondary N) is 1. The van der Waals surface area contributed by atoms with Gasteiger partial charge in [-0.3, -0.25) is 14.9 Å². The van der Waals surface area contributed by atoms with E-state index in [0.717, 1.165) is 5.56 Å². The Morgan fingerprint density at radius 1 is 1.22 bits per heavy atom. The van der Waals surface area contributed by atoms with Crippen LogP contribution in [0, 0.1) is 5.41 Å². The van der Waals surface area contributed by atoms with Crippen molar-refractivity contribution in [2.24, 2.45) is 5.41 Å². The lowest BCUT2D eigenvalue weighted by atomic mass is 9.73. The van der Waals surface area contributed by atoms with Crippen LogP contribution in [0.4, 0.5) is 0 Å². The highest BCUT2D eigenvalue weighted by Gasteiger charge is 2.55. The van der Waals surface area contributed by atoms with Gasteiger partial charge in [-0.05, 0) is 40.2 Å². The average molecular weight is 318 g/mol. The summed E-state index contributed by atoms with van der Waals surface area (Å²) in [5.41, 5.74) is -1.40. The third-order valence-electron chi connectivity index (χ3n) is 5.51. The topological polar surface area (TPSA) is 58.6 Å². The summed E-state index contributed by atoms with van der Waals surface area (Å²) in [5, 5.41) is 3.31. The normalized spacial score (nSPS) is 22.3. The van der Waals surface area contributed by atoms with Gasteiger partial charge in [0.25, 0.3) is 0 Å². The van der Waals surface area contributed by atoms with Gasteiger partial charge < -0.3 is 9.64 Å². The maximum atomic E-state index is 13.1. The van der Waals surface area contributed by atoms with E-state index in [4.69, 9.17) is 4.74 Å². The van der Waals surface area contributed by atoms with Crippen molar-refractivity contribution in [2.45, 2.75) is 45.7 Å². The molecule has 1 atom stereocenters. The van der Waals surface area contributed by atoms with Crippen LogP contribution >= 0.6 is 0 Å². The first-order chi connectivity index (χ1) is 10.6. The van der Waals surface area contributed by atoms with E-state index >= 15 is 0 Å². The molecule has 1 N–H and O–H groups in total. The van der Waals surface area contributed by atoms with Crippen LogP contribution in [0.2, 0.25) is 0 Å². The first-order valence-corrected chi connectivity index (χ1v) is 7.80. The summed E-state index contributed by atoms with van der Waals surface area (Å²) in [5.74, 6) is -0.366. The number of amides is 1. The number of nitrogens with zero attached hydrogens (tertiary/aromatic N) is 1. The fourth-order valence-corrected chi connectivity index (χ4v) is 2.95. The lowest BCUT2D eigenvalue weighted by Crippen LogP contribution is -2.59. The minimum atomic E-state index is -0.832. The van der Waals surface area contributed by atoms with E-state index in [2.05, 4.69) is 5.32 Å². The highest BCUT2D eigenvalue weighted by Crippen LogP contribution is 2.41. The van der Waals surface area contributed by atoms with Crippen LogP contribution in [0.3, 0.4) is 0 Å². The summed E-state index contributed by atoms with van der Waals surface area (Å²) in [6.07, 6.45) is 0. The molecule has 1 amide bonds. The van der Waals surface area contributed by atoms with Gasteiger partial charge in [-0.15, -0.1) is 0 Å². The van der Waals surface area contributed by atoms with E-state index < -0.39 is 16.5 Å². The molecule has 1 heterocycles. The van der Waals surface area contributed by atoms with E-state index in [1.807, 2.05) is 65.0 Å². The molecule has 0 saturated carbocycles. The number of carbonyl (C=O) groups excluding carboxylic acids is 2. The van der Waals surface area contributed by atoms with Gasteiger partial charge in [0.15, 0.2) is 0 Å². The molecule has 1 aliphatic rings. The van der Waals surface area contributed by atoms with E-state index in [1.165, 1.54) is 7.11 Å². The van der Waals surface area contributed by atoms with Gasteiger partial charge in [-0.25, -0.2) is 0 Å². The molecule has 1 unspecified atom stereocenters. The molecular formula is C18H26N2O3. The van der Waals surface area contributed by atoms with Crippen molar-refractivity contribution in [1.82, 2.24) is 10.2 Å². The molecule has 2 rings (SSSR count). The molecule has 0 bridgehead atoms. The lowest BCUT2D eigenvalue weighted by Gasteiger charge is -2.45. The molecule has 1 fully saturated rings. The molecule has 23 heavy (non-hydrogen) atoms. The zero-order valence-corrected chi connectivity index (χ0v) is 14.8. The smallest absolute Gasteiger partial charge is 0.313 e. The van der Waals surface area contributed by atoms with Crippen molar-refractivity contribution in [3.8, 4) is 0 Å². The van der Waals surface area contributed by atoms with Gasteiger partial charge in [0.1, 0.15) is 5.54 Å². The Hall–Kier alpha value is -1.88. The van der Waals surface area contributed by atoms with Gasteiger partial charge in [0, 0.05) is 0 Å². The summed E-state index contributed by atoms with van der Waals surface area (Å²) in [6.45, 7) is 9.69. The quantitative estimate of drug-likeness (QED) is 0.865. The lowest BCUT2D eigenvalue weighted by molar-refractivity contribution is -0.162. The fraction of sp³-hybridized carbons (Fsp3) is 0.556. The van der Waals surface area contributed by atoms with Crippen LogP contribution in [-0.4, -0.2) is 36.1 Å². The summed E-state index contributed by atoms with van der Waals surface area (Å²) in [4.78, 5) is 27.1. The summed E-state index contributed by atoms with van der Waals surface area (Å²) < 4.78 is 4.94. The molecule has 0 aromatic heterocycles. The second-order valence-electron chi connectivity index (χ2n) is 7.23. The zero-order chi connectivity index (χ0) is 17.5. The Labute approximate surface area is 138 Å². The predicted octanol–water partition coefficient (Wildman–Crippen LogP) is 2.27. The number of hydrogen-bond donors (Lipinski definition) is 1. The van der Waals surface area contributed by atoms with Crippen LogP contribution in [0.25, 0.3) is 0 Å². The van der Waals surface area contributed by atoms with E-state index in [-0.39, 0.29) is 11.9 Å². The minimum absolute atomic E-state index is 0.0364. The molecule has 1 aromatic carbocycles. The highest BCUT2D eigenvalue weighted by molar-refractivity contribution is 5.91. The second-order valence-corrected chi connectivity index (χ2v) is 7.23. The number of esters is 1. The largest absolute Gasteiger partial charge is 0.469 e. The number of carbonyl (C=O) groups is 2. The third-order valence-corrected chi connectivity index (χ3v) is 5.51. The van der Waals surface area contributed by atoms with Crippen molar-refractivity contribution in [3.05, 3.63) is 35.9 Å². The molecule has 1 aromatic rings. The summed E-state index contributed by atoms with van der Waals surface area (Å²) in [7, 11) is 1.37. The highest BCUT2D eigenvalue weighted by atomic mass is 16.5. The van der Waals surface area contributed by atoms with Crippen LogP contribution in [-0.2, 0) is 19.9 Å². The van der Waals surface area contributed by atoms with Crippen molar-refractivity contribution < 1.29 is 14.3 Å². The molecule has 1 aliphatic heterocycles. The van der Waals surface area contributed by atoms with Crippen LogP contribution < -0.4 is 5.32 Å². The van der Waals surface area contributed by atoms with Gasteiger partial charge in [0.2, 0.25) is 5.91 Å². The molecular weight excluding hydrogens is 292 g/mol. The molecule has 0 spiro atoms. The number of benzene rings is 1. The van der Waals surface area contributed by atoms with Gasteiger partial charge in [0.05, 0.1) is 24.7 Å². The standard InChI is InChI=1S/C18H26N2O3/c1-16(2,15(22)23-6)17(3,4)20-12-19-18(5,14(20)21)13-10-8-7-9-11-13/h7-11,19H,12H2,1-6H3. The van der Waals surface area contributed by atoms with Crippen LogP contribution in [0.1, 0.15) is 40.2 Å². The fourth-order valence-electron chi connectivity index (χ4n) is 2.95. The molecule has 0 radical (unpaired) electrons.